The number of hydrogen-bond acceptors (Lipinski definition) is 0. The minimum Gasteiger partial charge on any atom is -1.00 e. The predicted octanol–water partition coefficient (Wildman–Crippen LogP) is -0.207. The van der Waals surface area contributed by atoms with E-state index in [0.29, 0.717) is 0 Å². The molecule has 1 aromatic rings. The Morgan fingerprint density at radius 2 is 1.64 bits per heavy atom. The molecule has 1 aromatic carbocycles. The van der Waals surface area contributed by atoms with Crippen LogP contribution in [0.3, 0.4) is 0 Å². The molecule has 3 heteroatoms. The molecule has 0 heterocycles. The van der Waals surface area contributed by atoms with Crippen LogP contribution in [0.5, 0.6) is 0 Å². The van der Waals surface area contributed by atoms with E-state index >= 15 is 0 Å². The minimum atomic E-state index is 0. The van der Waals surface area contributed by atoms with Crippen LogP contribution >= 0.6 is 0 Å². The third-order valence-corrected chi connectivity index (χ3v) is 1.22. The van der Waals surface area contributed by atoms with Crippen LogP contribution in [0.2, 0.25) is 0 Å². The first kappa shape index (κ1) is 13.6. The fourth-order valence-corrected chi connectivity index (χ4v) is 0.650. The fraction of sp³-hybridized carbons (Fsp3) is 0.125. The molecule has 0 aliphatic rings. The summed E-state index contributed by atoms with van der Waals surface area (Å²) in [6.45, 7) is 2.05. The van der Waals surface area contributed by atoms with Crippen LogP contribution in [0.15, 0.2) is 24.3 Å². The van der Waals surface area contributed by atoms with E-state index in [1.807, 2.05) is 31.2 Å². The van der Waals surface area contributed by atoms with Gasteiger partial charge in [0.1, 0.15) is 0 Å². The van der Waals surface area contributed by atoms with E-state index in [1.54, 1.807) is 0 Å². The van der Waals surface area contributed by atoms with Gasteiger partial charge in [0.2, 0.25) is 0 Å². The van der Waals surface area contributed by atoms with Gasteiger partial charge in [0.25, 0.3) is 0 Å². The summed E-state index contributed by atoms with van der Waals surface area (Å²) in [7, 11) is 3.41. The molecule has 0 aliphatic carbocycles. The molecule has 0 saturated heterocycles. The van der Waals surface area contributed by atoms with Crippen LogP contribution in [-0.2, 0) is 22.4 Å². The van der Waals surface area contributed by atoms with Gasteiger partial charge in [0, 0.05) is 22.4 Å². The smallest absolute Gasteiger partial charge is 0 e. The van der Waals surface area contributed by atoms with Crippen LogP contribution in [0.1, 0.15) is 5.56 Å². The monoisotopic (exact) mass is 351 g/mol. The Balaban J connectivity index is 0. The van der Waals surface area contributed by atoms with Gasteiger partial charge in [-0.3, -0.25) is 0 Å². The van der Waals surface area contributed by atoms with E-state index in [4.69, 9.17) is 0 Å². The van der Waals surface area contributed by atoms with Crippen LogP contribution in [0.25, 0.3) is 5.32 Å². The maximum Gasteiger partial charge on any atom is 0 e. The molecule has 0 saturated carbocycles. The molecule has 2 radical (unpaired) electrons. The topological polar surface area (TPSA) is 14.1 Å². The molecule has 1 rings (SSSR count). The molecule has 0 bridgehead atoms. The van der Waals surface area contributed by atoms with Crippen molar-refractivity contribution in [2.45, 2.75) is 6.92 Å². The van der Waals surface area contributed by atoms with Gasteiger partial charge in [-0.1, -0.05) is 29.8 Å². The van der Waals surface area contributed by atoms with Crippen molar-refractivity contribution in [2.75, 3.05) is 0 Å². The first-order valence-electron chi connectivity index (χ1n) is 2.86. The van der Waals surface area contributed by atoms with Crippen molar-refractivity contribution in [3.05, 3.63) is 42.2 Å². The second-order valence-corrected chi connectivity index (χ2v) is 1.99. The molecule has 0 spiro atoms. The summed E-state index contributed by atoms with van der Waals surface area (Å²) >= 11 is 0. The molecular weight excluding hydrogens is 343 g/mol. The first-order chi connectivity index (χ1) is 4.33. The first-order valence-corrected chi connectivity index (χ1v) is 2.86. The van der Waals surface area contributed by atoms with Gasteiger partial charge in [-0.2, -0.15) is 0 Å². The largest absolute Gasteiger partial charge is 1.00 e. The molecule has 0 aromatic heterocycles. The van der Waals surface area contributed by atoms with Gasteiger partial charge < -0.3 is 17.7 Å². The average molecular weight is 352 g/mol. The molecule has 0 aliphatic heterocycles. The summed E-state index contributed by atoms with van der Waals surface area (Å²) in [5, 5.41) is 3.76. The molecule has 66 valence electrons. The Morgan fingerprint density at radius 1 is 1.18 bits per heavy atom. The number of rotatable bonds is 1. The Morgan fingerprint density at radius 3 is 2.00 bits per heavy atom. The summed E-state index contributed by atoms with van der Waals surface area (Å²) in [5.74, 6) is 0. The standard InChI is InChI=1S/C8H9N.Au.ClH/c1-7-3-5-8(9-2)6-4-7;;/h3-6H,2H2,1H3;;1H/q-1;;/p-1. The van der Waals surface area contributed by atoms with Gasteiger partial charge in [-0.25, -0.2) is 0 Å². The number of nitrogens with zero attached hydrogens (tertiary/aromatic N) is 1. The van der Waals surface area contributed by atoms with E-state index in [0.717, 1.165) is 5.69 Å². The number of halogens is 1. The number of benzene rings is 1. The summed E-state index contributed by atoms with van der Waals surface area (Å²) in [4.78, 5) is 0. The van der Waals surface area contributed by atoms with E-state index < -0.39 is 0 Å². The third kappa shape index (κ3) is 4.49. The maximum absolute atomic E-state index is 3.76. The third-order valence-electron chi connectivity index (χ3n) is 1.22. The van der Waals surface area contributed by atoms with Gasteiger partial charge in [-0.05, 0) is 6.92 Å². The maximum atomic E-state index is 3.76. The molecule has 11 heavy (non-hydrogen) atoms. The van der Waals surface area contributed by atoms with Crippen molar-refractivity contribution in [3.63, 3.8) is 0 Å². The predicted molar refractivity (Wildman–Crippen MR) is 39.6 cm³/mol. The summed E-state index contributed by atoms with van der Waals surface area (Å²) in [6, 6.07) is 7.93. The van der Waals surface area contributed by atoms with Gasteiger partial charge in [0.15, 0.2) is 0 Å². The van der Waals surface area contributed by atoms with Crippen LogP contribution < -0.4 is 12.4 Å². The molecule has 0 amide bonds. The van der Waals surface area contributed by atoms with Crippen LogP contribution in [0.4, 0.5) is 5.69 Å². The van der Waals surface area contributed by atoms with E-state index in [9.17, 15) is 0 Å². The minimum absolute atomic E-state index is 0. The zero-order chi connectivity index (χ0) is 6.69. The Kier molecular flexibility index (Phi) is 8.35. The average Bonchev–Trinajstić information content (AvgIpc) is 1.90. The Hall–Kier alpha value is 0.0503. The molecule has 0 fully saturated rings. The fourth-order valence-electron chi connectivity index (χ4n) is 0.650. The molecule has 1 nitrogen and oxygen atoms in total. The molecule has 0 atom stereocenters. The second kappa shape index (κ2) is 6.74. The van der Waals surface area contributed by atoms with Crippen molar-refractivity contribution >= 4 is 5.69 Å². The summed E-state index contributed by atoms with van der Waals surface area (Å²) in [6.07, 6.45) is 0. The second-order valence-electron chi connectivity index (χ2n) is 1.99. The van der Waals surface area contributed by atoms with E-state index in [1.165, 1.54) is 5.56 Å². The van der Waals surface area contributed by atoms with Gasteiger partial charge >= 0.3 is 0 Å². The van der Waals surface area contributed by atoms with Crippen molar-refractivity contribution in [1.29, 1.82) is 0 Å². The zero-order valence-electron chi connectivity index (χ0n) is 6.14. The Bertz CT molecular complexity index is 186. The van der Waals surface area contributed by atoms with Crippen molar-refractivity contribution in [1.82, 2.24) is 0 Å². The van der Waals surface area contributed by atoms with E-state index in [2.05, 4.69) is 12.4 Å². The Labute approximate surface area is 89.5 Å². The molecule has 0 N–H and O–H groups in total. The molecule has 0 unspecified atom stereocenters. The number of aryl methyl sites for hydroxylation is 1. The normalized spacial score (nSPS) is 7.45. The van der Waals surface area contributed by atoms with E-state index in [-0.39, 0.29) is 34.8 Å². The molecular formula is C8H9AuClN-2. The van der Waals surface area contributed by atoms with Crippen LogP contribution in [0, 0.1) is 14.0 Å². The summed E-state index contributed by atoms with van der Waals surface area (Å²) in [5.41, 5.74) is 2.18. The van der Waals surface area contributed by atoms with Gasteiger partial charge in [-0.15, -0.1) is 12.7 Å². The SMILES string of the molecule is [Au].[CH2][N-]c1ccc(C)cc1.[Cl-]. The van der Waals surface area contributed by atoms with Crippen molar-refractivity contribution in [3.8, 4) is 0 Å². The van der Waals surface area contributed by atoms with Crippen molar-refractivity contribution in [2.24, 2.45) is 0 Å². The van der Waals surface area contributed by atoms with Crippen LogP contribution in [-0.4, -0.2) is 0 Å². The van der Waals surface area contributed by atoms with Crippen molar-refractivity contribution < 1.29 is 34.8 Å². The quantitative estimate of drug-likeness (QED) is 0.622. The summed E-state index contributed by atoms with van der Waals surface area (Å²) < 4.78 is 0. The zero-order valence-corrected chi connectivity index (χ0v) is 9.07. The number of hydrogen-bond donors (Lipinski definition) is 0. The van der Waals surface area contributed by atoms with Gasteiger partial charge in [0.05, 0.1) is 0 Å².